The standard InChI is InChI=1S/C14H22O9/c1-8(16)20-7-11-6-12(21-9(2)17)13(22-10(3)18)14(23-11)19-5-4-15/h11-15H,4-7H2,1-3H3/t11-,12-,13+,14?/m0/s1. The van der Waals surface area contributed by atoms with Crippen molar-refractivity contribution in [3.8, 4) is 0 Å². The Kier molecular flexibility index (Phi) is 7.93. The van der Waals surface area contributed by atoms with Crippen LogP contribution in [0.2, 0.25) is 0 Å². The first-order valence-electron chi connectivity index (χ1n) is 7.19. The molecule has 9 nitrogen and oxygen atoms in total. The van der Waals surface area contributed by atoms with Gasteiger partial charge in [0.1, 0.15) is 12.7 Å². The lowest BCUT2D eigenvalue weighted by atomic mass is 10.0. The number of carbonyl (C=O) groups is 3. The Bertz CT molecular complexity index is 422. The van der Waals surface area contributed by atoms with Crippen molar-refractivity contribution in [3.63, 3.8) is 0 Å². The summed E-state index contributed by atoms with van der Waals surface area (Å²) in [6, 6.07) is 0. The van der Waals surface area contributed by atoms with Gasteiger partial charge < -0.3 is 28.8 Å². The van der Waals surface area contributed by atoms with Crippen LogP contribution in [-0.2, 0) is 38.1 Å². The maximum absolute atomic E-state index is 11.3. The van der Waals surface area contributed by atoms with Crippen molar-refractivity contribution in [2.45, 2.75) is 51.8 Å². The molecule has 0 aliphatic carbocycles. The highest BCUT2D eigenvalue weighted by atomic mass is 16.7. The molecule has 1 saturated heterocycles. The molecule has 23 heavy (non-hydrogen) atoms. The predicted molar refractivity (Wildman–Crippen MR) is 74.1 cm³/mol. The summed E-state index contributed by atoms with van der Waals surface area (Å²) >= 11 is 0. The van der Waals surface area contributed by atoms with E-state index in [0.29, 0.717) is 0 Å². The molecule has 0 bridgehead atoms. The van der Waals surface area contributed by atoms with Crippen LogP contribution in [0.5, 0.6) is 0 Å². The van der Waals surface area contributed by atoms with Gasteiger partial charge in [-0.15, -0.1) is 0 Å². The molecule has 1 aliphatic rings. The van der Waals surface area contributed by atoms with Crippen molar-refractivity contribution in [2.24, 2.45) is 0 Å². The number of carbonyl (C=O) groups excluding carboxylic acids is 3. The quantitative estimate of drug-likeness (QED) is 0.487. The molecule has 0 aromatic rings. The van der Waals surface area contributed by atoms with E-state index in [-0.39, 0.29) is 26.2 Å². The summed E-state index contributed by atoms with van der Waals surface area (Å²) in [6.07, 6.45) is -3.27. The molecule has 9 heteroatoms. The van der Waals surface area contributed by atoms with Gasteiger partial charge in [0.2, 0.25) is 0 Å². The van der Waals surface area contributed by atoms with Crippen molar-refractivity contribution < 1.29 is 43.2 Å². The van der Waals surface area contributed by atoms with Crippen LogP contribution in [0.4, 0.5) is 0 Å². The zero-order chi connectivity index (χ0) is 17.4. The lowest BCUT2D eigenvalue weighted by Crippen LogP contribution is -2.54. The van der Waals surface area contributed by atoms with E-state index in [1.54, 1.807) is 0 Å². The van der Waals surface area contributed by atoms with Crippen LogP contribution in [-0.4, -0.2) is 67.4 Å². The summed E-state index contributed by atoms with van der Waals surface area (Å²) in [6.45, 7) is 3.31. The third-order valence-electron chi connectivity index (χ3n) is 2.92. The number of ether oxygens (including phenoxy) is 5. The van der Waals surface area contributed by atoms with E-state index < -0.39 is 42.5 Å². The Hall–Kier alpha value is -1.71. The van der Waals surface area contributed by atoms with Crippen molar-refractivity contribution in [3.05, 3.63) is 0 Å². The van der Waals surface area contributed by atoms with Crippen LogP contribution in [0.3, 0.4) is 0 Å². The zero-order valence-corrected chi connectivity index (χ0v) is 13.4. The number of rotatable bonds is 7. The number of esters is 3. The monoisotopic (exact) mass is 334 g/mol. The summed E-state index contributed by atoms with van der Waals surface area (Å²) < 4.78 is 26.1. The second-order valence-electron chi connectivity index (χ2n) is 4.98. The molecule has 1 rings (SSSR count). The van der Waals surface area contributed by atoms with Crippen molar-refractivity contribution in [1.82, 2.24) is 0 Å². The topological polar surface area (TPSA) is 118 Å². The second-order valence-corrected chi connectivity index (χ2v) is 4.98. The molecule has 0 spiro atoms. The van der Waals surface area contributed by atoms with Crippen LogP contribution in [0.1, 0.15) is 27.2 Å². The van der Waals surface area contributed by atoms with E-state index in [2.05, 4.69) is 0 Å². The third kappa shape index (κ3) is 6.93. The molecular weight excluding hydrogens is 312 g/mol. The van der Waals surface area contributed by atoms with E-state index in [9.17, 15) is 14.4 Å². The Morgan fingerprint density at radius 1 is 1.09 bits per heavy atom. The molecule has 1 aliphatic heterocycles. The van der Waals surface area contributed by atoms with Gasteiger partial charge in [-0.1, -0.05) is 0 Å². The number of aliphatic hydroxyl groups is 1. The fraction of sp³-hybridized carbons (Fsp3) is 0.786. The van der Waals surface area contributed by atoms with Crippen LogP contribution < -0.4 is 0 Å². The maximum Gasteiger partial charge on any atom is 0.303 e. The summed E-state index contributed by atoms with van der Waals surface area (Å²) in [5, 5.41) is 8.88. The molecular formula is C14H22O9. The minimum absolute atomic E-state index is 0.0567. The van der Waals surface area contributed by atoms with Gasteiger partial charge in [-0.25, -0.2) is 0 Å². The predicted octanol–water partition coefficient (Wildman–Crippen LogP) is -0.463. The number of aliphatic hydroxyl groups excluding tert-OH is 1. The molecule has 1 fully saturated rings. The summed E-state index contributed by atoms with van der Waals surface area (Å²) in [5.41, 5.74) is 0. The van der Waals surface area contributed by atoms with Gasteiger partial charge in [0.25, 0.3) is 0 Å². The highest BCUT2D eigenvalue weighted by Gasteiger charge is 2.44. The average molecular weight is 334 g/mol. The molecule has 0 aromatic heterocycles. The first-order chi connectivity index (χ1) is 10.8. The summed E-state index contributed by atoms with van der Waals surface area (Å²) in [7, 11) is 0. The first-order valence-corrected chi connectivity index (χ1v) is 7.19. The van der Waals surface area contributed by atoms with E-state index >= 15 is 0 Å². The molecule has 1 N–H and O–H groups in total. The van der Waals surface area contributed by atoms with Gasteiger partial charge in [-0.3, -0.25) is 14.4 Å². The third-order valence-corrected chi connectivity index (χ3v) is 2.92. The van der Waals surface area contributed by atoms with Gasteiger partial charge in [0.15, 0.2) is 12.4 Å². The van der Waals surface area contributed by atoms with Crippen LogP contribution in [0.25, 0.3) is 0 Å². The summed E-state index contributed by atoms with van der Waals surface area (Å²) in [4.78, 5) is 33.4. The van der Waals surface area contributed by atoms with Gasteiger partial charge >= 0.3 is 17.9 Å². The molecule has 1 heterocycles. The minimum atomic E-state index is -1.05. The van der Waals surface area contributed by atoms with E-state index in [4.69, 9.17) is 28.8 Å². The summed E-state index contributed by atoms with van der Waals surface area (Å²) in [5.74, 6) is -1.62. The SMILES string of the molecule is CC(=O)OC[C@@H]1C[C@H](OC(C)=O)[C@@H](OC(C)=O)C(OCCO)O1. The Morgan fingerprint density at radius 3 is 2.26 bits per heavy atom. The molecule has 0 radical (unpaired) electrons. The largest absolute Gasteiger partial charge is 0.463 e. The van der Waals surface area contributed by atoms with Crippen LogP contribution in [0, 0.1) is 0 Å². The molecule has 0 saturated carbocycles. The first kappa shape index (κ1) is 19.3. The van der Waals surface area contributed by atoms with Crippen molar-refractivity contribution in [2.75, 3.05) is 19.8 Å². The van der Waals surface area contributed by atoms with Gasteiger partial charge in [0.05, 0.1) is 19.3 Å². The minimum Gasteiger partial charge on any atom is -0.463 e. The average Bonchev–Trinajstić information content (AvgIpc) is 2.44. The van der Waals surface area contributed by atoms with E-state index in [1.165, 1.54) is 20.8 Å². The Balaban J connectivity index is 2.86. The lowest BCUT2D eigenvalue weighted by molar-refractivity contribution is -0.280. The zero-order valence-electron chi connectivity index (χ0n) is 13.4. The smallest absolute Gasteiger partial charge is 0.303 e. The number of hydrogen-bond donors (Lipinski definition) is 1. The molecule has 1 unspecified atom stereocenters. The number of hydrogen-bond acceptors (Lipinski definition) is 9. The maximum atomic E-state index is 11.3. The normalized spacial score (nSPS) is 27.1. The molecule has 0 aromatic carbocycles. The molecule has 4 atom stereocenters. The molecule has 132 valence electrons. The van der Waals surface area contributed by atoms with Crippen LogP contribution in [0.15, 0.2) is 0 Å². The van der Waals surface area contributed by atoms with Crippen molar-refractivity contribution in [1.29, 1.82) is 0 Å². The highest BCUT2D eigenvalue weighted by molar-refractivity contribution is 5.67. The lowest BCUT2D eigenvalue weighted by Gasteiger charge is -2.39. The Labute approximate surface area is 133 Å². The fourth-order valence-electron chi connectivity index (χ4n) is 2.16. The van der Waals surface area contributed by atoms with Gasteiger partial charge in [0, 0.05) is 27.2 Å². The van der Waals surface area contributed by atoms with Gasteiger partial charge in [-0.05, 0) is 0 Å². The van der Waals surface area contributed by atoms with E-state index in [0.717, 1.165) is 0 Å². The highest BCUT2D eigenvalue weighted by Crippen LogP contribution is 2.27. The van der Waals surface area contributed by atoms with Crippen LogP contribution >= 0.6 is 0 Å². The Morgan fingerprint density at radius 2 is 1.74 bits per heavy atom. The van der Waals surface area contributed by atoms with Gasteiger partial charge in [-0.2, -0.15) is 0 Å². The fourth-order valence-corrected chi connectivity index (χ4v) is 2.16. The van der Waals surface area contributed by atoms with Crippen molar-refractivity contribution >= 4 is 17.9 Å². The molecule has 0 amide bonds. The second kappa shape index (κ2) is 9.43. The van der Waals surface area contributed by atoms with E-state index in [1.807, 2.05) is 0 Å².